The topological polar surface area (TPSA) is 95.7 Å². The molecule has 0 bridgehead atoms. The molecule has 0 saturated carbocycles. The Bertz CT molecular complexity index is 462. The van der Waals surface area contributed by atoms with E-state index in [1.54, 1.807) is 31.2 Å². The van der Waals surface area contributed by atoms with Gasteiger partial charge in [0.25, 0.3) is 0 Å². The third-order valence-electron chi connectivity index (χ3n) is 2.13. The summed E-state index contributed by atoms with van der Waals surface area (Å²) in [6.45, 7) is 1.64. The van der Waals surface area contributed by atoms with Crippen LogP contribution in [0.1, 0.15) is 6.92 Å². The van der Waals surface area contributed by atoms with E-state index in [0.29, 0.717) is 11.4 Å². The molecule has 17 heavy (non-hydrogen) atoms. The van der Waals surface area contributed by atoms with Gasteiger partial charge in [0, 0.05) is 6.54 Å². The van der Waals surface area contributed by atoms with Crippen molar-refractivity contribution in [2.75, 3.05) is 29.7 Å². The molecule has 0 aliphatic rings. The summed E-state index contributed by atoms with van der Waals surface area (Å²) in [6.07, 6.45) is 0. The van der Waals surface area contributed by atoms with Gasteiger partial charge in [-0.2, -0.15) is 13.1 Å². The molecule has 96 valence electrons. The zero-order valence-electron chi connectivity index (χ0n) is 9.63. The highest BCUT2D eigenvalue weighted by molar-refractivity contribution is 7.90. The molecule has 1 aromatic carbocycles. The number of hydrogen-bond acceptors (Lipinski definition) is 4. The third-order valence-corrected chi connectivity index (χ3v) is 3.74. The smallest absolute Gasteiger partial charge is 0.301 e. The summed E-state index contributed by atoms with van der Waals surface area (Å²) >= 11 is 0. The van der Waals surface area contributed by atoms with Gasteiger partial charge in [0.2, 0.25) is 0 Å². The van der Waals surface area contributed by atoms with Gasteiger partial charge in [-0.15, -0.1) is 0 Å². The van der Waals surface area contributed by atoms with Crippen molar-refractivity contribution >= 4 is 21.6 Å². The highest BCUT2D eigenvalue weighted by atomic mass is 32.2. The van der Waals surface area contributed by atoms with E-state index < -0.39 is 10.2 Å². The van der Waals surface area contributed by atoms with E-state index in [0.717, 1.165) is 4.31 Å². The number of nitrogens with one attached hydrogen (secondary N) is 1. The van der Waals surface area contributed by atoms with Crippen LogP contribution >= 0.6 is 0 Å². The zero-order chi connectivity index (χ0) is 12.9. The lowest BCUT2D eigenvalue weighted by molar-refractivity contribution is 0.306. The maximum Gasteiger partial charge on any atom is 0.301 e. The lowest BCUT2D eigenvalue weighted by Gasteiger charge is -2.24. The molecular formula is C10H17N3O3S. The summed E-state index contributed by atoms with van der Waals surface area (Å²) in [7, 11) is -3.67. The predicted molar refractivity (Wildman–Crippen MR) is 67.9 cm³/mol. The first kappa shape index (κ1) is 13.8. The summed E-state index contributed by atoms with van der Waals surface area (Å²) in [5.74, 6) is 0. The molecule has 0 heterocycles. The molecule has 7 heteroatoms. The predicted octanol–water partition coefficient (Wildman–Crippen LogP) is -0.0782. The number of nitrogens with two attached hydrogens (primary N) is 1. The monoisotopic (exact) mass is 259 g/mol. The molecule has 0 aliphatic carbocycles. The summed E-state index contributed by atoms with van der Waals surface area (Å²) in [5, 5.41) is 8.95. The van der Waals surface area contributed by atoms with E-state index >= 15 is 0 Å². The molecule has 4 N–H and O–H groups in total. The van der Waals surface area contributed by atoms with Gasteiger partial charge in [0.15, 0.2) is 0 Å². The number of aliphatic hydroxyl groups excluding tert-OH is 1. The second-order valence-electron chi connectivity index (χ2n) is 3.36. The number of hydrogen-bond donors (Lipinski definition) is 3. The van der Waals surface area contributed by atoms with Crippen LogP contribution in [0.5, 0.6) is 0 Å². The lowest BCUT2D eigenvalue weighted by atomic mass is 10.3. The van der Waals surface area contributed by atoms with Crippen LogP contribution in [0.25, 0.3) is 0 Å². The van der Waals surface area contributed by atoms with E-state index in [4.69, 9.17) is 10.8 Å². The normalized spacial score (nSPS) is 11.4. The maximum atomic E-state index is 11.9. The summed E-state index contributed by atoms with van der Waals surface area (Å²) in [4.78, 5) is 0. The Hall–Kier alpha value is -1.31. The average molecular weight is 259 g/mol. The van der Waals surface area contributed by atoms with E-state index in [-0.39, 0.29) is 19.7 Å². The van der Waals surface area contributed by atoms with Crippen molar-refractivity contribution in [3.05, 3.63) is 24.3 Å². The Labute approximate surface area is 101 Å². The van der Waals surface area contributed by atoms with Gasteiger partial charge in [-0.05, 0) is 12.1 Å². The molecule has 0 atom stereocenters. The summed E-state index contributed by atoms with van der Waals surface area (Å²) in [6, 6.07) is 6.62. The SMILES string of the molecule is CCNS(=O)(=O)N(CCO)c1ccccc1N. The number of para-hydroxylation sites is 2. The number of aliphatic hydroxyl groups is 1. The zero-order valence-corrected chi connectivity index (χ0v) is 10.4. The van der Waals surface area contributed by atoms with Crippen LogP contribution in [0, 0.1) is 0 Å². The molecule has 0 amide bonds. The summed E-state index contributed by atoms with van der Waals surface area (Å²) < 4.78 is 27.3. The fourth-order valence-corrected chi connectivity index (χ4v) is 2.70. The lowest BCUT2D eigenvalue weighted by Crippen LogP contribution is -2.42. The molecule has 0 aromatic heterocycles. The van der Waals surface area contributed by atoms with Crippen molar-refractivity contribution in [1.82, 2.24) is 4.72 Å². The van der Waals surface area contributed by atoms with Crippen molar-refractivity contribution in [2.24, 2.45) is 0 Å². The largest absolute Gasteiger partial charge is 0.397 e. The van der Waals surface area contributed by atoms with Crippen LogP contribution in [0.2, 0.25) is 0 Å². The molecule has 6 nitrogen and oxygen atoms in total. The number of nitrogens with zero attached hydrogens (tertiary/aromatic N) is 1. The van der Waals surface area contributed by atoms with Crippen molar-refractivity contribution in [2.45, 2.75) is 6.92 Å². The van der Waals surface area contributed by atoms with Crippen LogP contribution in [-0.2, 0) is 10.2 Å². The number of nitrogen functional groups attached to an aromatic ring is 1. The number of rotatable bonds is 6. The van der Waals surface area contributed by atoms with Gasteiger partial charge in [0.05, 0.1) is 24.5 Å². The highest BCUT2D eigenvalue weighted by Crippen LogP contribution is 2.24. The van der Waals surface area contributed by atoms with Gasteiger partial charge in [-0.1, -0.05) is 19.1 Å². The van der Waals surface area contributed by atoms with E-state index in [2.05, 4.69) is 4.72 Å². The Balaban J connectivity index is 3.14. The number of anilines is 2. The molecule has 0 unspecified atom stereocenters. The van der Waals surface area contributed by atoms with Crippen LogP contribution in [0.4, 0.5) is 11.4 Å². The van der Waals surface area contributed by atoms with Crippen LogP contribution < -0.4 is 14.8 Å². The minimum Gasteiger partial charge on any atom is -0.397 e. The molecule has 0 fully saturated rings. The Morgan fingerprint density at radius 3 is 2.59 bits per heavy atom. The van der Waals surface area contributed by atoms with Gasteiger partial charge >= 0.3 is 10.2 Å². The molecular weight excluding hydrogens is 242 g/mol. The fourth-order valence-electron chi connectivity index (χ4n) is 1.44. The van der Waals surface area contributed by atoms with Crippen LogP contribution in [-0.4, -0.2) is 33.2 Å². The Kier molecular flexibility index (Phi) is 4.73. The number of benzene rings is 1. The minimum atomic E-state index is -3.67. The second kappa shape index (κ2) is 5.85. The van der Waals surface area contributed by atoms with Crippen molar-refractivity contribution in [3.63, 3.8) is 0 Å². The summed E-state index contributed by atoms with van der Waals surface area (Å²) in [5.41, 5.74) is 6.44. The van der Waals surface area contributed by atoms with Crippen LogP contribution in [0.3, 0.4) is 0 Å². The standard InChI is InChI=1S/C10H17N3O3S/c1-2-12-17(15,16)13(7-8-14)10-6-4-3-5-9(10)11/h3-6,12,14H,2,7-8,11H2,1H3. The van der Waals surface area contributed by atoms with Gasteiger partial charge in [-0.3, -0.25) is 4.31 Å². The first-order chi connectivity index (χ1) is 8.03. The Morgan fingerprint density at radius 2 is 2.06 bits per heavy atom. The third kappa shape index (κ3) is 3.32. The van der Waals surface area contributed by atoms with Gasteiger partial charge < -0.3 is 10.8 Å². The molecule has 0 spiro atoms. The second-order valence-corrected chi connectivity index (χ2v) is 5.04. The molecule has 1 aromatic rings. The molecule has 0 radical (unpaired) electrons. The Morgan fingerprint density at radius 1 is 1.41 bits per heavy atom. The first-order valence-corrected chi connectivity index (χ1v) is 6.69. The van der Waals surface area contributed by atoms with Crippen molar-refractivity contribution in [3.8, 4) is 0 Å². The van der Waals surface area contributed by atoms with E-state index in [1.165, 1.54) is 0 Å². The first-order valence-electron chi connectivity index (χ1n) is 5.25. The van der Waals surface area contributed by atoms with Crippen molar-refractivity contribution in [1.29, 1.82) is 0 Å². The van der Waals surface area contributed by atoms with E-state index in [1.807, 2.05) is 0 Å². The van der Waals surface area contributed by atoms with Crippen LogP contribution in [0.15, 0.2) is 24.3 Å². The maximum absolute atomic E-state index is 11.9. The minimum absolute atomic E-state index is 0.0381. The van der Waals surface area contributed by atoms with E-state index in [9.17, 15) is 8.42 Å². The van der Waals surface area contributed by atoms with Crippen molar-refractivity contribution < 1.29 is 13.5 Å². The fraction of sp³-hybridized carbons (Fsp3) is 0.400. The average Bonchev–Trinajstić information content (AvgIpc) is 2.27. The molecule has 0 saturated heterocycles. The molecule has 0 aliphatic heterocycles. The highest BCUT2D eigenvalue weighted by Gasteiger charge is 2.22. The quantitative estimate of drug-likeness (QED) is 0.623. The molecule has 1 rings (SSSR count). The van der Waals surface area contributed by atoms with Gasteiger partial charge in [-0.25, -0.2) is 0 Å². The van der Waals surface area contributed by atoms with Gasteiger partial charge in [0.1, 0.15) is 0 Å².